The minimum absolute atomic E-state index is 0.0426. The predicted octanol–water partition coefficient (Wildman–Crippen LogP) is 5.26. The first-order valence-electron chi connectivity index (χ1n) is 9.70. The number of nitrogens with one attached hydrogen (secondary N) is 1. The lowest BCUT2D eigenvalue weighted by atomic mass is 10.3. The lowest BCUT2D eigenvalue weighted by molar-refractivity contribution is -0.116. The van der Waals surface area contributed by atoms with Gasteiger partial charge < -0.3 is 5.32 Å². The van der Waals surface area contributed by atoms with Crippen LogP contribution in [0.15, 0.2) is 81.4 Å². The molecule has 3 rings (SSSR count). The van der Waals surface area contributed by atoms with E-state index >= 15 is 0 Å². The molecule has 0 spiro atoms. The zero-order chi connectivity index (χ0) is 23.8. The average molecular weight is 522 g/mol. The number of hydrogen-bond acceptors (Lipinski definition) is 6. The maximum atomic E-state index is 12.9. The number of amides is 2. The number of para-hydroxylation sites is 2. The standard InChI is InChI=1S/C22H20ClN3O4S3/c1-16(14-20(28)24-17-8-4-2-5-9-17)31-22(26(15-27)18-10-6-3-7-11-18)25-33(29,30)21-13-12-19(23)32-21/h2-13,15-16H,14H2,1H3,(H,24,28)/t16-/m1/s1. The first kappa shape index (κ1) is 25.0. The van der Waals surface area contributed by atoms with Gasteiger partial charge in [-0.25, -0.2) is 0 Å². The molecule has 172 valence electrons. The van der Waals surface area contributed by atoms with E-state index in [1.54, 1.807) is 49.4 Å². The Morgan fingerprint density at radius 1 is 1.12 bits per heavy atom. The summed E-state index contributed by atoms with van der Waals surface area (Å²) in [6.07, 6.45) is 0.569. The lowest BCUT2D eigenvalue weighted by Gasteiger charge is -2.21. The Morgan fingerprint density at radius 3 is 2.33 bits per heavy atom. The SMILES string of the molecule is C[C@H](CC(=O)Nc1ccccc1)SC(=NS(=O)(=O)c1ccc(Cl)s1)N(C=O)c1ccccc1. The predicted molar refractivity (Wildman–Crippen MR) is 136 cm³/mol. The quantitative estimate of drug-likeness (QED) is 0.248. The third-order valence-electron chi connectivity index (χ3n) is 4.18. The van der Waals surface area contributed by atoms with E-state index in [0.717, 1.165) is 28.0 Å². The summed E-state index contributed by atoms with van der Waals surface area (Å²) in [6, 6.07) is 20.4. The minimum atomic E-state index is -4.12. The molecule has 0 saturated heterocycles. The van der Waals surface area contributed by atoms with Crippen LogP contribution in [-0.4, -0.2) is 31.2 Å². The van der Waals surface area contributed by atoms with Crippen molar-refractivity contribution < 1.29 is 18.0 Å². The fourth-order valence-electron chi connectivity index (χ4n) is 2.73. The summed E-state index contributed by atoms with van der Waals surface area (Å²) in [4.78, 5) is 25.5. The van der Waals surface area contributed by atoms with Crippen LogP contribution in [0.1, 0.15) is 13.3 Å². The zero-order valence-corrected chi connectivity index (χ0v) is 20.6. The van der Waals surface area contributed by atoms with Crippen molar-refractivity contribution >= 4 is 73.6 Å². The van der Waals surface area contributed by atoms with Gasteiger partial charge in [-0.1, -0.05) is 66.7 Å². The highest BCUT2D eigenvalue weighted by Gasteiger charge is 2.24. The van der Waals surface area contributed by atoms with Gasteiger partial charge in [-0.15, -0.1) is 15.7 Å². The summed E-state index contributed by atoms with van der Waals surface area (Å²) in [5.41, 5.74) is 1.10. The molecule has 1 aromatic heterocycles. The highest BCUT2D eigenvalue weighted by Crippen LogP contribution is 2.30. The summed E-state index contributed by atoms with van der Waals surface area (Å²) in [7, 11) is -4.12. The van der Waals surface area contributed by atoms with E-state index < -0.39 is 10.0 Å². The molecule has 2 amide bonds. The highest BCUT2D eigenvalue weighted by molar-refractivity contribution is 8.15. The van der Waals surface area contributed by atoms with E-state index in [9.17, 15) is 18.0 Å². The van der Waals surface area contributed by atoms with Crippen LogP contribution in [0.4, 0.5) is 11.4 Å². The van der Waals surface area contributed by atoms with Crippen molar-refractivity contribution in [2.75, 3.05) is 10.2 Å². The third kappa shape index (κ3) is 7.16. The number of sulfonamides is 1. The third-order valence-corrected chi connectivity index (χ3v) is 8.33. The topological polar surface area (TPSA) is 95.9 Å². The molecule has 0 fully saturated rings. The molecule has 1 N–H and O–H groups in total. The van der Waals surface area contributed by atoms with E-state index in [1.807, 2.05) is 18.2 Å². The van der Waals surface area contributed by atoms with Crippen molar-refractivity contribution in [1.82, 2.24) is 0 Å². The van der Waals surface area contributed by atoms with Gasteiger partial charge in [-0.05, 0) is 36.4 Å². The van der Waals surface area contributed by atoms with Gasteiger partial charge >= 0.3 is 0 Å². The molecular weight excluding hydrogens is 502 g/mol. The zero-order valence-electron chi connectivity index (χ0n) is 17.4. The van der Waals surface area contributed by atoms with Crippen molar-refractivity contribution in [1.29, 1.82) is 0 Å². The van der Waals surface area contributed by atoms with Crippen LogP contribution in [0.2, 0.25) is 4.34 Å². The number of thioether (sulfide) groups is 1. The summed E-state index contributed by atoms with van der Waals surface area (Å²) in [5, 5.41) is 2.33. The van der Waals surface area contributed by atoms with Crippen LogP contribution in [0.3, 0.4) is 0 Å². The second kappa shape index (κ2) is 11.5. The number of carbonyl (C=O) groups is 2. The molecule has 2 aromatic carbocycles. The maximum Gasteiger partial charge on any atom is 0.294 e. The van der Waals surface area contributed by atoms with Crippen LogP contribution in [-0.2, 0) is 19.6 Å². The van der Waals surface area contributed by atoms with E-state index in [1.165, 1.54) is 12.1 Å². The highest BCUT2D eigenvalue weighted by atomic mass is 35.5. The molecule has 0 aliphatic rings. The molecule has 7 nitrogen and oxygen atoms in total. The smallest absolute Gasteiger partial charge is 0.294 e. The van der Waals surface area contributed by atoms with Crippen LogP contribution in [0.5, 0.6) is 0 Å². The molecule has 0 radical (unpaired) electrons. The molecule has 0 unspecified atom stereocenters. The van der Waals surface area contributed by atoms with Crippen molar-refractivity contribution in [2.24, 2.45) is 4.40 Å². The van der Waals surface area contributed by atoms with Crippen LogP contribution >= 0.6 is 34.7 Å². The second-order valence-corrected chi connectivity index (χ2v) is 11.7. The Hall–Kier alpha value is -2.66. The maximum absolute atomic E-state index is 12.9. The molecular formula is C22H20ClN3O4S3. The van der Waals surface area contributed by atoms with Gasteiger partial charge in [0, 0.05) is 17.4 Å². The van der Waals surface area contributed by atoms with Gasteiger partial charge in [-0.2, -0.15) is 8.42 Å². The van der Waals surface area contributed by atoms with E-state index in [2.05, 4.69) is 9.71 Å². The van der Waals surface area contributed by atoms with Gasteiger partial charge in [0.05, 0.1) is 10.0 Å². The number of anilines is 2. The fraction of sp³-hybridized carbons (Fsp3) is 0.136. The van der Waals surface area contributed by atoms with Crippen LogP contribution in [0.25, 0.3) is 0 Å². The van der Waals surface area contributed by atoms with Crippen molar-refractivity contribution in [3.63, 3.8) is 0 Å². The summed E-state index contributed by atoms with van der Waals surface area (Å²) < 4.78 is 30.0. The summed E-state index contributed by atoms with van der Waals surface area (Å²) in [5.74, 6) is -0.245. The van der Waals surface area contributed by atoms with Crippen LogP contribution in [0, 0.1) is 0 Å². The second-order valence-electron chi connectivity index (χ2n) is 6.77. The largest absolute Gasteiger partial charge is 0.326 e. The molecule has 0 aliphatic heterocycles. The molecule has 11 heteroatoms. The normalized spacial score (nSPS) is 12.7. The summed E-state index contributed by atoms with van der Waals surface area (Å²) >= 11 is 7.77. The Labute approximate surface area is 205 Å². The first-order valence-corrected chi connectivity index (χ1v) is 13.2. The van der Waals surface area contributed by atoms with Gasteiger partial charge in [0.1, 0.15) is 4.21 Å². The fourth-order valence-corrected chi connectivity index (χ4v) is 6.39. The number of nitrogens with zero attached hydrogens (tertiary/aromatic N) is 2. The van der Waals surface area contributed by atoms with Crippen molar-refractivity contribution in [2.45, 2.75) is 22.8 Å². The lowest BCUT2D eigenvalue weighted by Crippen LogP contribution is -2.30. The van der Waals surface area contributed by atoms with E-state index in [4.69, 9.17) is 11.6 Å². The Balaban J connectivity index is 1.86. The molecule has 1 atom stereocenters. The average Bonchev–Trinajstić information content (AvgIpc) is 3.22. The molecule has 1 heterocycles. The number of rotatable bonds is 8. The Bertz CT molecular complexity index is 1230. The number of amidine groups is 1. The minimum Gasteiger partial charge on any atom is -0.326 e. The molecule has 33 heavy (non-hydrogen) atoms. The monoisotopic (exact) mass is 521 g/mol. The van der Waals surface area contributed by atoms with Gasteiger partial charge in [0.2, 0.25) is 12.3 Å². The first-order chi connectivity index (χ1) is 15.8. The Kier molecular flexibility index (Phi) is 8.67. The number of hydrogen-bond donors (Lipinski definition) is 1. The molecule has 0 saturated carbocycles. The van der Waals surface area contributed by atoms with E-state index in [-0.39, 0.29) is 27.0 Å². The Morgan fingerprint density at radius 2 is 1.76 bits per heavy atom. The number of carbonyl (C=O) groups excluding carboxylic acids is 2. The van der Waals surface area contributed by atoms with E-state index in [0.29, 0.717) is 22.1 Å². The van der Waals surface area contributed by atoms with Crippen molar-refractivity contribution in [3.05, 3.63) is 77.1 Å². The molecule has 3 aromatic rings. The number of thiophene rings is 1. The molecule has 0 aliphatic carbocycles. The van der Waals surface area contributed by atoms with Crippen LogP contribution < -0.4 is 10.2 Å². The summed E-state index contributed by atoms with van der Waals surface area (Å²) in [6.45, 7) is 1.76. The molecule has 0 bridgehead atoms. The van der Waals surface area contributed by atoms with Gasteiger partial charge in [-0.3, -0.25) is 14.5 Å². The van der Waals surface area contributed by atoms with Gasteiger partial charge in [0.15, 0.2) is 5.17 Å². The number of halogens is 1. The number of benzene rings is 2. The van der Waals surface area contributed by atoms with Gasteiger partial charge in [0.25, 0.3) is 10.0 Å². The van der Waals surface area contributed by atoms with Crippen molar-refractivity contribution in [3.8, 4) is 0 Å².